The van der Waals surface area contributed by atoms with Gasteiger partial charge in [-0.15, -0.1) is 0 Å². The van der Waals surface area contributed by atoms with E-state index in [9.17, 15) is 13.2 Å². The lowest BCUT2D eigenvalue weighted by Gasteiger charge is -2.26. The summed E-state index contributed by atoms with van der Waals surface area (Å²) in [6, 6.07) is 5.60. The smallest absolute Gasteiger partial charge is 0.381 e. The third-order valence-corrected chi connectivity index (χ3v) is 4.69. The Morgan fingerprint density at radius 3 is 2.30 bits per heavy atom. The molecule has 0 bridgehead atoms. The first-order chi connectivity index (χ1) is 11.0. The van der Waals surface area contributed by atoms with Gasteiger partial charge in [0.05, 0.1) is 12.2 Å². The molecular weight excluding hydrogens is 301 g/mol. The van der Waals surface area contributed by atoms with E-state index in [0.29, 0.717) is 18.4 Å². The highest BCUT2D eigenvalue weighted by Crippen LogP contribution is 2.33. The van der Waals surface area contributed by atoms with Crippen molar-refractivity contribution in [3.63, 3.8) is 0 Å². The number of rotatable bonds is 6. The number of aryl methyl sites for hydroxylation is 1. The zero-order valence-electron chi connectivity index (χ0n) is 13.6. The van der Waals surface area contributed by atoms with Gasteiger partial charge in [0, 0.05) is 7.11 Å². The normalized spacial score (nSPS) is 22.6. The second kappa shape index (κ2) is 8.53. The molecule has 0 unspecified atom stereocenters. The minimum atomic E-state index is -4.24. The van der Waals surface area contributed by atoms with Crippen LogP contribution >= 0.6 is 0 Å². The molecule has 0 atom stereocenters. The molecule has 0 aromatic heterocycles. The van der Waals surface area contributed by atoms with Crippen LogP contribution in [-0.4, -0.2) is 13.7 Å². The molecule has 1 saturated carbocycles. The van der Waals surface area contributed by atoms with Crippen molar-refractivity contribution in [3.8, 4) is 0 Å². The summed E-state index contributed by atoms with van der Waals surface area (Å²) in [4.78, 5) is 0. The number of hydrogen-bond acceptors (Lipinski definition) is 1. The summed E-state index contributed by atoms with van der Waals surface area (Å²) >= 11 is 0. The van der Waals surface area contributed by atoms with Crippen LogP contribution in [0.5, 0.6) is 0 Å². The van der Waals surface area contributed by atoms with Gasteiger partial charge in [-0.2, -0.15) is 13.2 Å². The summed E-state index contributed by atoms with van der Waals surface area (Å²) in [5.41, 5.74) is 0.435. The summed E-state index contributed by atoms with van der Waals surface area (Å²) < 4.78 is 42.6. The average molecular weight is 326 g/mol. The summed E-state index contributed by atoms with van der Waals surface area (Å²) in [5.74, 6) is 1.36. The molecule has 4 heteroatoms. The van der Waals surface area contributed by atoms with Gasteiger partial charge in [-0.3, -0.25) is 0 Å². The van der Waals surface area contributed by atoms with Crippen LogP contribution in [0.4, 0.5) is 13.2 Å². The fourth-order valence-corrected chi connectivity index (χ4v) is 3.24. The first-order valence-electron chi connectivity index (χ1n) is 8.30. The van der Waals surface area contributed by atoms with Gasteiger partial charge in [-0.05, 0) is 68.1 Å². The lowest BCUT2D eigenvalue weighted by molar-refractivity contribution is -0.137. The number of alkyl halides is 3. The second-order valence-corrected chi connectivity index (χ2v) is 6.40. The molecule has 1 aromatic rings. The molecule has 0 saturated heterocycles. The monoisotopic (exact) mass is 326 g/mol. The summed E-state index contributed by atoms with van der Waals surface area (Å²) in [7, 11) is 1.70. The first kappa shape index (κ1) is 18.1. The minimum Gasteiger partial charge on any atom is -0.381 e. The number of halogens is 3. The fraction of sp³-hybridized carbons (Fsp3) is 0.579. The van der Waals surface area contributed by atoms with Gasteiger partial charge in [0.25, 0.3) is 0 Å². The first-order valence-corrected chi connectivity index (χ1v) is 8.30. The van der Waals surface area contributed by atoms with Crippen LogP contribution in [0.2, 0.25) is 0 Å². The SMILES string of the molecule is COCC=CC1CCC(CCc2ccc(C(F)(F)F)cc2)CC1. The van der Waals surface area contributed by atoms with Crippen molar-refractivity contribution >= 4 is 0 Å². The van der Waals surface area contributed by atoms with E-state index in [0.717, 1.165) is 18.4 Å². The van der Waals surface area contributed by atoms with E-state index in [1.54, 1.807) is 19.2 Å². The minimum absolute atomic E-state index is 0.565. The van der Waals surface area contributed by atoms with E-state index in [4.69, 9.17) is 4.74 Å². The van der Waals surface area contributed by atoms with E-state index in [1.165, 1.54) is 37.8 Å². The Morgan fingerprint density at radius 2 is 1.74 bits per heavy atom. The van der Waals surface area contributed by atoms with Crippen LogP contribution in [0.25, 0.3) is 0 Å². The number of allylic oxidation sites excluding steroid dienone is 1. The zero-order valence-corrected chi connectivity index (χ0v) is 13.6. The Morgan fingerprint density at radius 1 is 1.09 bits per heavy atom. The average Bonchev–Trinajstić information content (AvgIpc) is 2.54. The molecule has 128 valence electrons. The molecule has 0 radical (unpaired) electrons. The van der Waals surface area contributed by atoms with E-state index in [1.807, 2.05) is 0 Å². The van der Waals surface area contributed by atoms with Crippen molar-refractivity contribution in [3.05, 3.63) is 47.5 Å². The molecule has 0 N–H and O–H groups in total. The van der Waals surface area contributed by atoms with Gasteiger partial charge in [0.15, 0.2) is 0 Å². The van der Waals surface area contributed by atoms with Crippen LogP contribution in [0.3, 0.4) is 0 Å². The fourth-order valence-electron chi connectivity index (χ4n) is 3.24. The van der Waals surface area contributed by atoms with Gasteiger partial charge >= 0.3 is 6.18 Å². The molecule has 1 aromatic carbocycles. The van der Waals surface area contributed by atoms with Crippen LogP contribution < -0.4 is 0 Å². The molecule has 0 spiro atoms. The predicted molar refractivity (Wildman–Crippen MR) is 86.2 cm³/mol. The van der Waals surface area contributed by atoms with Crippen molar-refractivity contribution in [1.82, 2.24) is 0 Å². The molecule has 0 heterocycles. The Labute approximate surface area is 136 Å². The Kier molecular flexibility index (Phi) is 6.70. The van der Waals surface area contributed by atoms with E-state index >= 15 is 0 Å². The zero-order chi connectivity index (χ0) is 16.7. The van der Waals surface area contributed by atoms with Crippen molar-refractivity contribution in [2.45, 2.75) is 44.7 Å². The topological polar surface area (TPSA) is 9.23 Å². The summed E-state index contributed by atoms with van der Waals surface area (Å²) in [6.45, 7) is 0.674. The van der Waals surface area contributed by atoms with Crippen molar-refractivity contribution in [2.24, 2.45) is 11.8 Å². The Hall–Kier alpha value is -1.29. The number of ether oxygens (including phenoxy) is 1. The van der Waals surface area contributed by atoms with Crippen LogP contribution in [0, 0.1) is 11.8 Å². The lowest BCUT2D eigenvalue weighted by Crippen LogP contribution is -2.14. The number of methoxy groups -OCH3 is 1. The third kappa shape index (κ3) is 6.02. The van der Waals surface area contributed by atoms with E-state index in [-0.39, 0.29) is 0 Å². The molecule has 1 fully saturated rings. The van der Waals surface area contributed by atoms with Crippen LogP contribution in [-0.2, 0) is 17.3 Å². The molecule has 0 aliphatic heterocycles. The van der Waals surface area contributed by atoms with Crippen LogP contribution in [0.15, 0.2) is 36.4 Å². The van der Waals surface area contributed by atoms with Gasteiger partial charge in [-0.25, -0.2) is 0 Å². The molecule has 23 heavy (non-hydrogen) atoms. The van der Waals surface area contributed by atoms with E-state index in [2.05, 4.69) is 12.2 Å². The van der Waals surface area contributed by atoms with Crippen molar-refractivity contribution in [1.29, 1.82) is 0 Å². The number of benzene rings is 1. The highest BCUT2D eigenvalue weighted by Gasteiger charge is 2.29. The molecule has 1 aliphatic carbocycles. The van der Waals surface area contributed by atoms with Gasteiger partial charge < -0.3 is 4.74 Å². The second-order valence-electron chi connectivity index (χ2n) is 6.40. The molecular formula is C19H25F3O. The van der Waals surface area contributed by atoms with E-state index < -0.39 is 11.7 Å². The maximum absolute atomic E-state index is 12.5. The van der Waals surface area contributed by atoms with Gasteiger partial charge in [0.1, 0.15) is 0 Å². The van der Waals surface area contributed by atoms with Gasteiger partial charge in [0.2, 0.25) is 0 Å². The molecule has 0 amide bonds. The summed E-state index contributed by atoms with van der Waals surface area (Å²) in [6.07, 6.45) is 6.88. The van der Waals surface area contributed by atoms with Crippen LogP contribution in [0.1, 0.15) is 43.2 Å². The highest BCUT2D eigenvalue weighted by molar-refractivity contribution is 5.24. The quantitative estimate of drug-likeness (QED) is 0.614. The lowest BCUT2D eigenvalue weighted by atomic mass is 9.79. The standard InChI is InChI=1S/C19H25F3O/c1-23-14-2-3-15-4-6-16(7-5-15)8-9-17-10-12-18(13-11-17)19(20,21)22/h2-3,10-13,15-16H,4-9,14H2,1H3. The number of hydrogen-bond donors (Lipinski definition) is 0. The summed E-state index contributed by atoms with van der Waals surface area (Å²) in [5, 5.41) is 0. The van der Waals surface area contributed by atoms with Crippen molar-refractivity contribution in [2.75, 3.05) is 13.7 Å². The predicted octanol–water partition coefficient (Wildman–Crippen LogP) is 5.65. The highest BCUT2D eigenvalue weighted by atomic mass is 19.4. The Bertz CT molecular complexity index is 482. The van der Waals surface area contributed by atoms with Gasteiger partial charge in [-0.1, -0.05) is 24.3 Å². The molecule has 2 rings (SSSR count). The maximum atomic E-state index is 12.5. The maximum Gasteiger partial charge on any atom is 0.416 e. The Balaban J connectivity index is 1.73. The van der Waals surface area contributed by atoms with Crippen molar-refractivity contribution < 1.29 is 17.9 Å². The third-order valence-electron chi connectivity index (χ3n) is 4.69. The molecule has 1 aliphatic rings. The molecule has 1 nitrogen and oxygen atoms in total. The largest absolute Gasteiger partial charge is 0.416 e.